The van der Waals surface area contributed by atoms with E-state index in [1.54, 1.807) is 18.2 Å². The minimum atomic E-state index is -1.04. The first-order chi connectivity index (χ1) is 10.1. The topological polar surface area (TPSA) is 72.3 Å². The number of carbonyl (C=O) groups is 1. The zero-order valence-electron chi connectivity index (χ0n) is 11.3. The van der Waals surface area contributed by atoms with Gasteiger partial charge in [0.05, 0.1) is 10.9 Å². The second-order valence-electron chi connectivity index (χ2n) is 4.60. The summed E-state index contributed by atoms with van der Waals surface area (Å²) in [6, 6.07) is 12.4. The molecule has 0 radical (unpaired) electrons. The van der Waals surface area contributed by atoms with Gasteiger partial charge in [-0.25, -0.2) is 14.8 Å². The van der Waals surface area contributed by atoms with Crippen molar-refractivity contribution in [2.45, 2.75) is 6.92 Å². The van der Waals surface area contributed by atoms with Crippen LogP contribution in [0.3, 0.4) is 0 Å². The van der Waals surface area contributed by atoms with Gasteiger partial charge in [0.2, 0.25) is 5.88 Å². The van der Waals surface area contributed by atoms with E-state index < -0.39 is 5.97 Å². The van der Waals surface area contributed by atoms with Gasteiger partial charge in [-0.05, 0) is 31.2 Å². The Labute approximate surface area is 120 Å². The molecular formula is C16H12N2O3. The molecule has 0 fully saturated rings. The number of hydrogen-bond acceptors (Lipinski definition) is 4. The summed E-state index contributed by atoms with van der Waals surface area (Å²) >= 11 is 0. The molecule has 3 aromatic rings. The first-order valence-electron chi connectivity index (χ1n) is 6.36. The highest BCUT2D eigenvalue weighted by Crippen LogP contribution is 2.29. The predicted molar refractivity (Wildman–Crippen MR) is 77.8 cm³/mol. The van der Waals surface area contributed by atoms with Crippen molar-refractivity contribution in [2.24, 2.45) is 0 Å². The van der Waals surface area contributed by atoms with Gasteiger partial charge in [0.15, 0.2) is 0 Å². The SMILES string of the molecule is Cc1ccc(Oc2ncnc3ccccc23)c(C(=O)O)c1. The van der Waals surface area contributed by atoms with Crippen LogP contribution in [0, 0.1) is 6.92 Å². The van der Waals surface area contributed by atoms with Crippen molar-refractivity contribution in [1.29, 1.82) is 0 Å². The van der Waals surface area contributed by atoms with Crippen molar-refractivity contribution in [3.8, 4) is 11.6 Å². The summed E-state index contributed by atoms with van der Waals surface area (Å²) < 4.78 is 5.71. The molecule has 0 atom stereocenters. The lowest BCUT2D eigenvalue weighted by Crippen LogP contribution is -2.01. The Hall–Kier alpha value is -2.95. The van der Waals surface area contributed by atoms with Crippen LogP contribution in [0.1, 0.15) is 15.9 Å². The molecule has 0 aliphatic heterocycles. The van der Waals surface area contributed by atoms with E-state index in [1.165, 1.54) is 6.33 Å². The third-order valence-corrected chi connectivity index (χ3v) is 3.08. The summed E-state index contributed by atoms with van der Waals surface area (Å²) in [4.78, 5) is 19.6. The molecule has 1 aromatic heterocycles. The Bertz CT molecular complexity index is 825. The maximum atomic E-state index is 11.3. The smallest absolute Gasteiger partial charge is 0.339 e. The third kappa shape index (κ3) is 2.53. The zero-order chi connectivity index (χ0) is 14.8. The Morgan fingerprint density at radius 2 is 1.95 bits per heavy atom. The maximum absolute atomic E-state index is 11.3. The highest BCUT2D eigenvalue weighted by molar-refractivity contribution is 5.91. The molecule has 21 heavy (non-hydrogen) atoms. The lowest BCUT2D eigenvalue weighted by molar-refractivity contribution is 0.0694. The number of aromatic carboxylic acids is 1. The number of nitrogens with zero attached hydrogens (tertiary/aromatic N) is 2. The van der Waals surface area contributed by atoms with Crippen LogP contribution in [0.4, 0.5) is 0 Å². The van der Waals surface area contributed by atoms with E-state index in [-0.39, 0.29) is 11.3 Å². The molecule has 5 nitrogen and oxygen atoms in total. The number of carboxylic acid groups (broad SMARTS) is 1. The number of aromatic nitrogens is 2. The van der Waals surface area contributed by atoms with Crippen molar-refractivity contribution in [3.05, 3.63) is 59.9 Å². The average molecular weight is 280 g/mol. The van der Waals surface area contributed by atoms with Gasteiger partial charge in [-0.1, -0.05) is 23.8 Å². The highest BCUT2D eigenvalue weighted by atomic mass is 16.5. The van der Waals surface area contributed by atoms with E-state index in [0.717, 1.165) is 16.5 Å². The lowest BCUT2D eigenvalue weighted by Gasteiger charge is -2.10. The fraction of sp³-hybridized carbons (Fsp3) is 0.0625. The molecule has 1 heterocycles. The molecule has 3 rings (SSSR count). The second-order valence-corrected chi connectivity index (χ2v) is 4.60. The fourth-order valence-electron chi connectivity index (χ4n) is 2.07. The number of fused-ring (bicyclic) bond motifs is 1. The van der Waals surface area contributed by atoms with Crippen LogP contribution in [-0.2, 0) is 0 Å². The van der Waals surface area contributed by atoms with Gasteiger partial charge >= 0.3 is 5.97 Å². The number of aryl methyl sites for hydroxylation is 1. The van der Waals surface area contributed by atoms with Crippen LogP contribution in [0.5, 0.6) is 11.6 Å². The summed E-state index contributed by atoms with van der Waals surface area (Å²) in [7, 11) is 0. The molecule has 2 aromatic carbocycles. The quantitative estimate of drug-likeness (QED) is 0.795. The zero-order valence-corrected chi connectivity index (χ0v) is 11.3. The van der Waals surface area contributed by atoms with Gasteiger partial charge < -0.3 is 9.84 Å². The first kappa shape index (κ1) is 13.1. The molecule has 0 amide bonds. The number of ether oxygens (including phenoxy) is 1. The largest absolute Gasteiger partial charge is 0.478 e. The van der Waals surface area contributed by atoms with Crippen LogP contribution in [0.25, 0.3) is 10.9 Å². The normalized spacial score (nSPS) is 10.5. The van der Waals surface area contributed by atoms with Crippen LogP contribution >= 0.6 is 0 Å². The molecule has 1 N–H and O–H groups in total. The molecule has 0 unspecified atom stereocenters. The summed E-state index contributed by atoms with van der Waals surface area (Å²) in [5.74, 6) is -0.434. The number of para-hydroxylation sites is 1. The van der Waals surface area contributed by atoms with Crippen molar-refractivity contribution in [1.82, 2.24) is 9.97 Å². The van der Waals surface area contributed by atoms with Crippen molar-refractivity contribution in [2.75, 3.05) is 0 Å². The molecule has 0 bridgehead atoms. The number of carboxylic acids is 1. The average Bonchev–Trinajstić information content (AvgIpc) is 2.49. The fourth-order valence-corrected chi connectivity index (χ4v) is 2.07. The Kier molecular flexibility index (Phi) is 3.23. The van der Waals surface area contributed by atoms with Gasteiger partial charge in [-0.15, -0.1) is 0 Å². The molecule has 0 spiro atoms. The van der Waals surface area contributed by atoms with Crippen LogP contribution in [0.15, 0.2) is 48.8 Å². The van der Waals surface area contributed by atoms with E-state index in [9.17, 15) is 9.90 Å². The van der Waals surface area contributed by atoms with E-state index >= 15 is 0 Å². The Morgan fingerprint density at radius 1 is 1.14 bits per heavy atom. The standard InChI is InChI=1S/C16H12N2O3/c1-10-6-7-14(12(8-10)16(19)20)21-15-11-4-2-3-5-13(11)17-9-18-15/h2-9H,1H3,(H,19,20). The Balaban J connectivity index is 2.09. The lowest BCUT2D eigenvalue weighted by atomic mass is 10.1. The molecule has 104 valence electrons. The van der Waals surface area contributed by atoms with Crippen LogP contribution in [0.2, 0.25) is 0 Å². The number of rotatable bonds is 3. The molecule has 0 saturated carbocycles. The predicted octanol–water partition coefficient (Wildman–Crippen LogP) is 3.43. The molecule has 5 heteroatoms. The summed E-state index contributed by atoms with van der Waals surface area (Å²) in [5.41, 5.74) is 1.71. The van der Waals surface area contributed by atoms with Gasteiger partial charge in [0.1, 0.15) is 17.6 Å². The third-order valence-electron chi connectivity index (χ3n) is 3.08. The maximum Gasteiger partial charge on any atom is 0.339 e. The minimum Gasteiger partial charge on any atom is -0.478 e. The minimum absolute atomic E-state index is 0.109. The summed E-state index contributed by atoms with van der Waals surface area (Å²) in [6.45, 7) is 1.83. The van der Waals surface area contributed by atoms with Crippen LogP contribution in [-0.4, -0.2) is 21.0 Å². The molecular weight excluding hydrogens is 268 g/mol. The van der Waals surface area contributed by atoms with E-state index in [4.69, 9.17) is 4.74 Å². The first-order valence-corrected chi connectivity index (χ1v) is 6.36. The van der Waals surface area contributed by atoms with Gasteiger partial charge in [0.25, 0.3) is 0 Å². The second kappa shape index (κ2) is 5.20. The van der Waals surface area contributed by atoms with Crippen molar-refractivity contribution in [3.63, 3.8) is 0 Å². The van der Waals surface area contributed by atoms with Crippen molar-refractivity contribution < 1.29 is 14.6 Å². The summed E-state index contributed by atoms with van der Waals surface area (Å²) in [5, 5.41) is 10.0. The molecule has 0 aliphatic rings. The molecule has 0 saturated heterocycles. The summed E-state index contributed by atoms with van der Waals surface area (Å²) in [6.07, 6.45) is 1.40. The van der Waals surface area contributed by atoms with Gasteiger partial charge in [0, 0.05) is 0 Å². The van der Waals surface area contributed by atoms with Gasteiger partial charge in [-0.3, -0.25) is 0 Å². The molecule has 0 aliphatic carbocycles. The number of hydrogen-bond donors (Lipinski definition) is 1. The number of benzene rings is 2. The van der Waals surface area contributed by atoms with Crippen molar-refractivity contribution >= 4 is 16.9 Å². The highest BCUT2D eigenvalue weighted by Gasteiger charge is 2.14. The van der Waals surface area contributed by atoms with E-state index in [0.29, 0.717) is 5.88 Å². The Morgan fingerprint density at radius 3 is 2.76 bits per heavy atom. The van der Waals surface area contributed by atoms with Crippen LogP contribution < -0.4 is 4.74 Å². The monoisotopic (exact) mass is 280 g/mol. The van der Waals surface area contributed by atoms with Gasteiger partial charge in [-0.2, -0.15) is 0 Å². The van der Waals surface area contributed by atoms with E-state index in [1.807, 2.05) is 31.2 Å². The van der Waals surface area contributed by atoms with E-state index in [2.05, 4.69) is 9.97 Å².